The van der Waals surface area contributed by atoms with E-state index in [1.165, 1.54) is 0 Å². The quantitative estimate of drug-likeness (QED) is 0.658. The van der Waals surface area contributed by atoms with Gasteiger partial charge in [0.15, 0.2) is 13.0 Å². The molecular weight excluding hydrogens is 192 g/mol. The molecule has 2 heterocycles. The first kappa shape index (κ1) is 8.23. The summed E-state index contributed by atoms with van der Waals surface area (Å²) in [6.07, 6.45) is 2.38. The average Bonchev–Trinajstić information content (AvgIpc) is 2.72. The molecule has 4 heteroatoms. The van der Waals surface area contributed by atoms with E-state index in [9.17, 15) is 4.79 Å². The van der Waals surface area contributed by atoms with Gasteiger partial charge in [-0.3, -0.25) is 4.79 Å². The lowest BCUT2D eigenvalue weighted by Gasteiger charge is -2.19. The lowest BCUT2D eigenvalue weighted by Crippen LogP contribution is -2.14. The van der Waals surface area contributed by atoms with Gasteiger partial charge in [0.25, 0.3) is 0 Å². The molecule has 2 aromatic rings. The molecule has 0 saturated heterocycles. The Bertz CT molecular complexity index is 531. The fraction of sp³-hybridized carbons (Fsp3) is 0.0909. The maximum atomic E-state index is 10.9. The second-order valence-electron chi connectivity index (χ2n) is 3.34. The highest BCUT2D eigenvalue weighted by molar-refractivity contribution is 5.87. The molecule has 0 spiro atoms. The van der Waals surface area contributed by atoms with E-state index in [-0.39, 0.29) is 0 Å². The molecule has 74 valence electrons. The Morgan fingerprint density at radius 1 is 1.40 bits per heavy atom. The van der Waals surface area contributed by atoms with E-state index in [0.29, 0.717) is 12.3 Å². The molecule has 1 aromatic heterocycles. The second kappa shape index (κ2) is 2.95. The number of hydrogen-bond donors (Lipinski definition) is 0. The average molecular weight is 200 g/mol. The number of ether oxygens (including phenoxy) is 1. The third-order valence-corrected chi connectivity index (χ3v) is 2.48. The zero-order chi connectivity index (χ0) is 10.3. The van der Waals surface area contributed by atoms with Crippen LogP contribution in [0.2, 0.25) is 0 Å². The largest absolute Gasteiger partial charge is 0.471 e. The highest BCUT2D eigenvalue weighted by Gasteiger charge is 2.20. The highest BCUT2D eigenvalue weighted by Crippen LogP contribution is 2.34. The predicted octanol–water partition coefficient (Wildman–Crippen LogP) is 1.71. The number of aromatic nitrogens is 2. The summed E-state index contributed by atoms with van der Waals surface area (Å²) in [5.74, 6) is 0.800. The Morgan fingerprint density at radius 2 is 2.27 bits per heavy atom. The van der Waals surface area contributed by atoms with Crippen LogP contribution < -0.4 is 4.74 Å². The summed E-state index contributed by atoms with van der Waals surface area (Å²) in [6, 6.07) is 7.64. The minimum absolute atomic E-state index is 0.361. The van der Waals surface area contributed by atoms with Crippen molar-refractivity contribution in [2.24, 2.45) is 0 Å². The van der Waals surface area contributed by atoms with Crippen molar-refractivity contribution in [1.29, 1.82) is 0 Å². The van der Waals surface area contributed by atoms with Gasteiger partial charge in [-0.05, 0) is 12.1 Å². The smallest absolute Gasteiger partial charge is 0.181 e. The van der Waals surface area contributed by atoms with Crippen LogP contribution in [-0.2, 0) is 6.73 Å². The van der Waals surface area contributed by atoms with Gasteiger partial charge in [-0.15, -0.1) is 0 Å². The van der Waals surface area contributed by atoms with E-state index in [1.54, 1.807) is 10.9 Å². The molecule has 0 atom stereocenters. The van der Waals surface area contributed by atoms with Crippen molar-refractivity contribution in [3.63, 3.8) is 0 Å². The van der Waals surface area contributed by atoms with Gasteiger partial charge < -0.3 is 4.74 Å². The lowest BCUT2D eigenvalue weighted by atomic mass is 10.1. The first-order valence-electron chi connectivity index (χ1n) is 4.63. The van der Waals surface area contributed by atoms with Crippen LogP contribution in [0.1, 0.15) is 10.4 Å². The van der Waals surface area contributed by atoms with Crippen molar-refractivity contribution in [3.05, 3.63) is 36.0 Å². The molecule has 0 aliphatic carbocycles. The molecule has 4 nitrogen and oxygen atoms in total. The monoisotopic (exact) mass is 200 g/mol. The Hall–Kier alpha value is -2.10. The summed E-state index contributed by atoms with van der Waals surface area (Å²) >= 11 is 0. The van der Waals surface area contributed by atoms with Crippen molar-refractivity contribution in [2.75, 3.05) is 0 Å². The molecule has 0 radical (unpaired) electrons. The number of aldehydes is 1. The third kappa shape index (κ3) is 1.08. The Balaban J connectivity index is 2.31. The highest BCUT2D eigenvalue weighted by atomic mass is 16.5. The van der Waals surface area contributed by atoms with Gasteiger partial charge in [-0.25, -0.2) is 4.68 Å². The predicted molar refractivity (Wildman–Crippen MR) is 53.7 cm³/mol. The summed E-state index contributed by atoms with van der Waals surface area (Å²) in [7, 11) is 0. The van der Waals surface area contributed by atoms with Gasteiger partial charge in [-0.2, -0.15) is 5.10 Å². The lowest BCUT2D eigenvalue weighted by molar-refractivity contribution is 0.112. The van der Waals surface area contributed by atoms with E-state index in [1.807, 2.05) is 24.3 Å². The van der Waals surface area contributed by atoms with Crippen LogP contribution in [0.15, 0.2) is 30.5 Å². The van der Waals surface area contributed by atoms with Gasteiger partial charge in [0.1, 0.15) is 5.75 Å². The van der Waals surface area contributed by atoms with Crippen molar-refractivity contribution in [1.82, 2.24) is 9.78 Å². The van der Waals surface area contributed by atoms with Crippen LogP contribution in [0.5, 0.6) is 5.75 Å². The molecular formula is C11H8N2O2. The molecule has 0 bridgehead atoms. The summed E-state index contributed by atoms with van der Waals surface area (Å²) in [6.45, 7) is 0.361. The number of fused-ring (bicyclic) bond motifs is 3. The summed E-state index contributed by atoms with van der Waals surface area (Å²) in [5, 5.41) is 4.09. The minimum atomic E-state index is 0.361. The summed E-state index contributed by atoms with van der Waals surface area (Å²) in [4.78, 5) is 10.9. The molecule has 0 saturated carbocycles. The van der Waals surface area contributed by atoms with Crippen LogP contribution in [-0.4, -0.2) is 16.1 Å². The number of nitrogens with zero attached hydrogens (tertiary/aromatic N) is 2. The summed E-state index contributed by atoms with van der Waals surface area (Å²) in [5.41, 5.74) is 2.36. The van der Waals surface area contributed by atoms with Crippen molar-refractivity contribution < 1.29 is 9.53 Å². The van der Waals surface area contributed by atoms with E-state index in [0.717, 1.165) is 23.3 Å². The molecule has 0 amide bonds. The number of carbonyl (C=O) groups is 1. The number of rotatable bonds is 1. The third-order valence-electron chi connectivity index (χ3n) is 2.48. The first-order chi connectivity index (χ1) is 7.40. The fourth-order valence-electron chi connectivity index (χ4n) is 1.80. The zero-order valence-corrected chi connectivity index (χ0v) is 7.88. The van der Waals surface area contributed by atoms with Crippen LogP contribution in [0.25, 0.3) is 11.3 Å². The number of carbonyl (C=O) groups excluding carboxylic acids is 1. The summed E-state index contributed by atoms with van der Waals surface area (Å²) < 4.78 is 7.18. The normalized spacial score (nSPS) is 12.5. The van der Waals surface area contributed by atoms with E-state index in [4.69, 9.17) is 4.74 Å². The standard InChI is InChI=1S/C11H8N2O2/c14-6-8-5-12-13-7-15-10-4-2-1-3-9(10)11(8)13/h1-6H,7H2. The molecule has 0 fully saturated rings. The number of para-hydroxylation sites is 1. The van der Waals surface area contributed by atoms with Gasteiger partial charge in [0.05, 0.1) is 17.5 Å². The molecule has 1 aliphatic rings. The van der Waals surface area contributed by atoms with Crippen molar-refractivity contribution in [2.45, 2.75) is 6.73 Å². The molecule has 3 rings (SSSR count). The topological polar surface area (TPSA) is 44.1 Å². The fourth-order valence-corrected chi connectivity index (χ4v) is 1.80. The molecule has 1 aromatic carbocycles. The molecule has 1 aliphatic heterocycles. The molecule has 0 unspecified atom stereocenters. The van der Waals surface area contributed by atoms with E-state index < -0.39 is 0 Å². The van der Waals surface area contributed by atoms with Crippen LogP contribution >= 0.6 is 0 Å². The SMILES string of the molecule is O=Cc1cnn2c1-c1ccccc1OC2. The van der Waals surface area contributed by atoms with Gasteiger partial charge in [0, 0.05) is 5.56 Å². The van der Waals surface area contributed by atoms with Crippen LogP contribution in [0.3, 0.4) is 0 Å². The van der Waals surface area contributed by atoms with Crippen molar-refractivity contribution in [3.8, 4) is 17.0 Å². The Labute approximate surface area is 86.1 Å². The zero-order valence-electron chi connectivity index (χ0n) is 7.88. The van der Waals surface area contributed by atoms with E-state index >= 15 is 0 Å². The van der Waals surface area contributed by atoms with Gasteiger partial charge in [0.2, 0.25) is 0 Å². The van der Waals surface area contributed by atoms with Crippen molar-refractivity contribution >= 4 is 6.29 Å². The maximum absolute atomic E-state index is 10.9. The van der Waals surface area contributed by atoms with E-state index in [2.05, 4.69) is 5.10 Å². The van der Waals surface area contributed by atoms with Crippen LogP contribution in [0.4, 0.5) is 0 Å². The Kier molecular flexibility index (Phi) is 1.62. The van der Waals surface area contributed by atoms with Gasteiger partial charge in [-0.1, -0.05) is 12.1 Å². The Morgan fingerprint density at radius 3 is 3.13 bits per heavy atom. The minimum Gasteiger partial charge on any atom is -0.471 e. The molecule has 0 N–H and O–H groups in total. The number of hydrogen-bond acceptors (Lipinski definition) is 3. The molecule has 15 heavy (non-hydrogen) atoms. The van der Waals surface area contributed by atoms with Gasteiger partial charge >= 0.3 is 0 Å². The maximum Gasteiger partial charge on any atom is 0.181 e. The van der Waals surface area contributed by atoms with Crippen LogP contribution in [0, 0.1) is 0 Å². The number of benzene rings is 1. The first-order valence-corrected chi connectivity index (χ1v) is 4.63. The second-order valence-corrected chi connectivity index (χ2v) is 3.34.